The lowest BCUT2D eigenvalue weighted by atomic mass is 9.98. The Bertz CT molecular complexity index is 270. The molecular weight excluding hydrogens is 190 g/mol. The first-order valence-corrected chi connectivity index (χ1v) is 5.73. The van der Waals surface area contributed by atoms with Crippen LogP contribution in [0.2, 0.25) is 0 Å². The molecule has 0 aromatic carbocycles. The molecule has 1 atom stereocenters. The fourth-order valence-corrected chi connectivity index (χ4v) is 2.34. The fourth-order valence-electron chi connectivity index (χ4n) is 2.34. The normalized spacial score (nSPS) is 27.7. The topological polar surface area (TPSA) is 56.1 Å². The second-order valence-corrected chi connectivity index (χ2v) is 4.38. The van der Waals surface area contributed by atoms with Crippen molar-refractivity contribution in [3.05, 3.63) is 0 Å². The van der Waals surface area contributed by atoms with Crippen LogP contribution in [0.3, 0.4) is 0 Å². The van der Waals surface area contributed by atoms with Crippen molar-refractivity contribution in [2.45, 2.75) is 31.7 Å². The van der Waals surface area contributed by atoms with Crippen LogP contribution in [-0.4, -0.2) is 36.5 Å². The lowest BCUT2D eigenvalue weighted by Crippen LogP contribution is -2.46. The van der Waals surface area contributed by atoms with Gasteiger partial charge in [-0.05, 0) is 32.2 Å². The summed E-state index contributed by atoms with van der Waals surface area (Å²) < 4.78 is 0. The van der Waals surface area contributed by atoms with Crippen LogP contribution in [0.5, 0.6) is 0 Å². The van der Waals surface area contributed by atoms with E-state index in [0.717, 1.165) is 45.3 Å². The van der Waals surface area contributed by atoms with E-state index in [9.17, 15) is 4.79 Å². The Morgan fingerprint density at radius 2 is 2.07 bits per heavy atom. The van der Waals surface area contributed by atoms with Gasteiger partial charge in [0.2, 0.25) is 5.91 Å². The first-order chi connectivity index (χ1) is 7.31. The minimum Gasteiger partial charge on any atom is -0.341 e. The molecule has 0 unspecified atom stereocenters. The van der Waals surface area contributed by atoms with E-state index in [4.69, 9.17) is 5.26 Å². The maximum absolute atomic E-state index is 12.0. The summed E-state index contributed by atoms with van der Waals surface area (Å²) in [5.41, 5.74) is 0. The zero-order valence-electron chi connectivity index (χ0n) is 8.91. The molecule has 0 aromatic rings. The molecule has 0 saturated carbocycles. The van der Waals surface area contributed by atoms with Crippen LogP contribution in [0.15, 0.2) is 0 Å². The Hall–Kier alpha value is -1.08. The smallest absolute Gasteiger partial charge is 0.239 e. The number of piperidine rings is 1. The number of carbonyl (C=O) groups excluding carboxylic acids is 1. The van der Waals surface area contributed by atoms with E-state index < -0.39 is 0 Å². The number of likely N-dealkylation sites (tertiary alicyclic amines) is 1. The molecule has 2 heterocycles. The van der Waals surface area contributed by atoms with E-state index in [1.54, 1.807) is 0 Å². The van der Waals surface area contributed by atoms with Gasteiger partial charge >= 0.3 is 0 Å². The molecule has 4 nitrogen and oxygen atoms in total. The number of hydrogen-bond donors (Lipinski definition) is 1. The van der Waals surface area contributed by atoms with Gasteiger partial charge in [0.1, 0.15) is 0 Å². The van der Waals surface area contributed by atoms with Crippen molar-refractivity contribution in [2.75, 3.05) is 19.6 Å². The summed E-state index contributed by atoms with van der Waals surface area (Å²) in [6.07, 6.45) is 3.76. The molecule has 4 heteroatoms. The average molecular weight is 207 g/mol. The lowest BCUT2D eigenvalue weighted by Gasteiger charge is -2.31. The Morgan fingerprint density at radius 3 is 2.60 bits per heavy atom. The SMILES string of the molecule is N#CC1CCN(C(=O)[C@H]2CCCN2)CC1. The number of carbonyl (C=O) groups is 1. The van der Waals surface area contributed by atoms with Crippen molar-refractivity contribution in [3.63, 3.8) is 0 Å². The van der Waals surface area contributed by atoms with Crippen LogP contribution in [0, 0.1) is 17.2 Å². The summed E-state index contributed by atoms with van der Waals surface area (Å²) in [5.74, 6) is 0.398. The fraction of sp³-hybridized carbons (Fsp3) is 0.818. The standard InChI is InChI=1S/C11H17N3O/c12-8-9-3-6-14(7-4-9)11(15)10-2-1-5-13-10/h9-10,13H,1-7H2/t10-/m1/s1. The molecule has 1 amide bonds. The minimum atomic E-state index is 0.0450. The van der Waals surface area contributed by atoms with E-state index in [1.807, 2.05) is 4.90 Å². The van der Waals surface area contributed by atoms with Crippen molar-refractivity contribution in [2.24, 2.45) is 5.92 Å². The molecule has 15 heavy (non-hydrogen) atoms. The third-order valence-corrected chi connectivity index (χ3v) is 3.35. The molecule has 2 aliphatic heterocycles. The van der Waals surface area contributed by atoms with E-state index in [2.05, 4.69) is 11.4 Å². The van der Waals surface area contributed by atoms with Crippen LogP contribution >= 0.6 is 0 Å². The summed E-state index contributed by atoms with van der Waals surface area (Å²) in [6, 6.07) is 2.32. The molecule has 82 valence electrons. The summed E-state index contributed by atoms with van der Waals surface area (Å²) in [4.78, 5) is 13.9. The van der Waals surface area contributed by atoms with E-state index >= 15 is 0 Å². The molecule has 2 saturated heterocycles. The summed E-state index contributed by atoms with van der Waals surface area (Å²) in [5, 5.41) is 12.0. The molecule has 1 N–H and O–H groups in total. The molecule has 0 radical (unpaired) electrons. The second kappa shape index (κ2) is 4.63. The quantitative estimate of drug-likeness (QED) is 0.681. The van der Waals surface area contributed by atoms with Gasteiger partial charge in [-0.2, -0.15) is 5.26 Å². The van der Waals surface area contributed by atoms with Gasteiger partial charge in [0.15, 0.2) is 0 Å². The second-order valence-electron chi connectivity index (χ2n) is 4.38. The van der Waals surface area contributed by atoms with Gasteiger partial charge in [0.05, 0.1) is 12.1 Å². The van der Waals surface area contributed by atoms with Crippen molar-refractivity contribution in [1.29, 1.82) is 5.26 Å². The highest BCUT2D eigenvalue weighted by Crippen LogP contribution is 2.18. The van der Waals surface area contributed by atoms with Crippen LogP contribution in [0.25, 0.3) is 0 Å². The molecule has 2 aliphatic rings. The molecule has 0 aliphatic carbocycles. The summed E-state index contributed by atoms with van der Waals surface area (Å²) >= 11 is 0. The van der Waals surface area contributed by atoms with Gasteiger partial charge in [0, 0.05) is 19.0 Å². The zero-order valence-corrected chi connectivity index (χ0v) is 8.91. The Balaban J connectivity index is 1.84. The third-order valence-electron chi connectivity index (χ3n) is 3.35. The molecule has 0 aromatic heterocycles. The Kier molecular flexibility index (Phi) is 3.22. The number of nitrogens with one attached hydrogen (secondary N) is 1. The molecule has 2 rings (SSSR count). The van der Waals surface area contributed by atoms with Crippen LogP contribution < -0.4 is 5.32 Å². The van der Waals surface area contributed by atoms with Gasteiger partial charge in [-0.15, -0.1) is 0 Å². The van der Waals surface area contributed by atoms with E-state index in [1.165, 1.54) is 0 Å². The number of hydrogen-bond acceptors (Lipinski definition) is 3. The van der Waals surface area contributed by atoms with Gasteiger partial charge in [-0.3, -0.25) is 4.79 Å². The Labute approximate surface area is 90.2 Å². The Morgan fingerprint density at radius 1 is 1.33 bits per heavy atom. The first-order valence-electron chi connectivity index (χ1n) is 5.73. The largest absolute Gasteiger partial charge is 0.341 e. The summed E-state index contributed by atoms with van der Waals surface area (Å²) in [7, 11) is 0. The number of rotatable bonds is 1. The van der Waals surface area contributed by atoms with Gasteiger partial charge in [0.25, 0.3) is 0 Å². The number of nitriles is 1. The van der Waals surface area contributed by atoms with E-state index in [0.29, 0.717) is 0 Å². The molecule has 0 bridgehead atoms. The summed E-state index contributed by atoms with van der Waals surface area (Å²) in [6.45, 7) is 2.48. The minimum absolute atomic E-state index is 0.0450. The maximum atomic E-state index is 12.0. The first kappa shape index (κ1) is 10.4. The lowest BCUT2D eigenvalue weighted by molar-refractivity contribution is -0.134. The number of nitrogens with zero attached hydrogens (tertiary/aromatic N) is 2. The third kappa shape index (κ3) is 2.29. The highest BCUT2D eigenvalue weighted by atomic mass is 16.2. The van der Waals surface area contributed by atoms with Crippen LogP contribution in [-0.2, 0) is 4.79 Å². The monoisotopic (exact) mass is 207 g/mol. The number of amides is 1. The van der Waals surface area contributed by atoms with Crippen LogP contribution in [0.1, 0.15) is 25.7 Å². The van der Waals surface area contributed by atoms with Crippen LogP contribution in [0.4, 0.5) is 0 Å². The molecule has 0 spiro atoms. The average Bonchev–Trinajstić information content (AvgIpc) is 2.82. The van der Waals surface area contributed by atoms with Gasteiger partial charge in [-0.25, -0.2) is 0 Å². The van der Waals surface area contributed by atoms with Crippen molar-refractivity contribution in [3.8, 4) is 6.07 Å². The zero-order chi connectivity index (χ0) is 10.7. The predicted molar refractivity (Wildman–Crippen MR) is 55.9 cm³/mol. The van der Waals surface area contributed by atoms with Crippen molar-refractivity contribution >= 4 is 5.91 Å². The van der Waals surface area contributed by atoms with E-state index in [-0.39, 0.29) is 17.9 Å². The predicted octanol–water partition coefficient (Wildman–Crippen LogP) is 0.501. The molecular formula is C11H17N3O. The van der Waals surface area contributed by atoms with Crippen molar-refractivity contribution < 1.29 is 4.79 Å². The highest BCUT2D eigenvalue weighted by molar-refractivity contribution is 5.82. The van der Waals surface area contributed by atoms with Crippen molar-refractivity contribution in [1.82, 2.24) is 10.2 Å². The van der Waals surface area contributed by atoms with Gasteiger partial charge < -0.3 is 10.2 Å². The maximum Gasteiger partial charge on any atom is 0.239 e. The van der Waals surface area contributed by atoms with Gasteiger partial charge in [-0.1, -0.05) is 0 Å². The molecule has 2 fully saturated rings. The highest BCUT2D eigenvalue weighted by Gasteiger charge is 2.29.